The van der Waals surface area contributed by atoms with Crippen LogP contribution in [0, 0.1) is 18.7 Å². The number of amides is 1. The number of ether oxygens (including phenoxy) is 2. The Hall–Kier alpha value is -2.44. The minimum atomic E-state index is -0.870. The number of carbonyl (C=O) groups excluding carboxylic acids is 3. The number of halogens is 1. The summed E-state index contributed by atoms with van der Waals surface area (Å²) >= 11 is 0. The van der Waals surface area contributed by atoms with Gasteiger partial charge in [-0.1, -0.05) is 0 Å². The van der Waals surface area contributed by atoms with Gasteiger partial charge in [-0.2, -0.15) is 0 Å². The van der Waals surface area contributed by atoms with Crippen molar-refractivity contribution in [3.63, 3.8) is 0 Å². The first-order valence-corrected chi connectivity index (χ1v) is 7.61. The van der Waals surface area contributed by atoms with E-state index in [1.54, 1.807) is 6.92 Å². The fourth-order valence-electron chi connectivity index (χ4n) is 2.89. The van der Waals surface area contributed by atoms with Gasteiger partial charge in [0.05, 0.1) is 20.1 Å². The summed E-state index contributed by atoms with van der Waals surface area (Å²) < 4.78 is 22.9. The van der Waals surface area contributed by atoms with Crippen LogP contribution in [0.2, 0.25) is 0 Å². The average Bonchev–Trinajstić information content (AvgIpc) is 2.61. The number of piperidine rings is 1. The number of esters is 2. The van der Waals surface area contributed by atoms with Gasteiger partial charge in [-0.15, -0.1) is 0 Å². The third-order valence-corrected chi connectivity index (χ3v) is 4.28. The molecule has 0 N–H and O–H groups in total. The number of benzene rings is 1. The van der Waals surface area contributed by atoms with Crippen LogP contribution in [0.4, 0.5) is 4.39 Å². The first kappa shape index (κ1) is 17.9. The molecule has 2 rings (SSSR count). The van der Waals surface area contributed by atoms with Gasteiger partial charge in [0.1, 0.15) is 11.9 Å². The predicted octanol–water partition coefficient (Wildman–Crippen LogP) is 1.70. The lowest BCUT2D eigenvalue weighted by Gasteiger charge is -2.36. The van der Waals surface area contributed by atoms with Crippen molar-refractivity contribution in [3.05, 3.63) is 35.1 Å². The molecule has 0 aliphatic carbocycles. The SMILES string of the molecule is COC(=O)[C@H]1CCN(C(=O)c2ccc(F)c(C)c2)[C@@H](C(=O)OC)C1. The van der Waals surface area contributed by atoms with E-state index in [4.69, 9.17) is 9.47 Å². The van der Waals surface area contributed by atoms with Gasteiger partial charge in [0.2, 0.25) is 0 Å². The molecule has 0 aromatic heterocycles. The van der Waals surface area contributed by atoms with E-state index in [1.807, 2.05) is 0 Å². The van der Waals surface area contributed by atoms with E-state index < -0.39 is 35.6 Å². The molecule has 2 atom stereocenters. The van der Waals surface area contributed by atoms with Gasteiger partial charge in [-0.3, -0.25) is 9.59 Å². The molecule has 0 saturated carbocycles. The Balaban J connectivity index is 2.26. The van der Waals surface area contributed by atoms with Crippen molar-refractivity contribution in [2.45, 2.75) is 25.8 Å². The van der Waals surface area contributed by atoms with Crippen LogP contribution in [0.1, 0.15) is 28.8 Å². The maximum Gasteiger partial charge on any atom is 0.328 e. The molecule has 6 nitrogen and oxygen atoms in total. The second kappa shape index (κ2) is 7.42. The van der Waals surface area contributed by atoms with Gasteiger partial charge in [0.15, 0.2) is 0 Å². The lowest BCUT2D eigenvalue weighted by atomic mass is 9.90. The van der Waals surface area contributed by atoms with E-state index >= 15 is 0 Å². The van der Waals surface area contributed by atoms with Crippen LogP contribution in [0.3, 0.4) is 0 Å². The van der Waals surface area contributed by atoms with Gasteiger partial charge in [-0.05, 0) is 43.5 Å². The summed E-state index contributed by atoms with van der Waals surface area (Å²) in [5.74, 6) is -2.25. The van der Waals surface area contributed by atoms with Crippen LogP contribution in [-0.4, -0.2) is 49.6 Å². The lowest BCUT2D eigenvalue weighted by molar-refractivity contribution is -0.153. The molecule has 7 heteroatoms. The quantitative estimate of drug-likeness (QED) is 0.785. The van der Waals surface area contributed by atoms with Gasteiger partial charge in [-0.25, -0.2) is 9.18 Å². The molecule has 24 heavy (non-hydrogen) atoms. The number of carbonyl (C=O) groups is 3. The average molecular weight is 337 g/mol. The molecule has 1 amide bonds. The molecular weight excluding hydrogens is 317 g/mol. The Bertz CT molecular complexity index is 660. The van der Waals surface area contributed by atoms with Crippen LogP contribution in [0.25, 0.3) is 0 Å². The molecular formula is C17H20FNO5. The van der Waals surface area contributed by atoms with Crippen LogP contribution >= 0.6 is 0 Å². The predicted molar refractivity (Wildman–Crippen MR) is 82.7 cm³/mol. The summed E-state index contributed by atoms with van der Waals surface area (Å²) in [6, 6.07) is 3.17. The van der Waals surface area contributed by atoms with Crippen molar-refractivity contribution in [1.29, 1.82) is 0 Å². The minimum Gasteiger partial charge on any atom is -0.469 e. The van der Waals surface area contributed by atoms with Crippen molar-refractivity contribution in [2.75, 3.05) is 20.8 Å². The summed E-state index contributed by atoms with van der Waals surface area (Å²) in [6.07, 6.45) is 0.539. The lowest BCUT2D eigenvalue weighted by Crippen LogP contribution is -2.51. The minimum absolute atomic E-state index is 0.144. The number of aryl methyl sites for hydroxylation is 1. The van der Waals surface area contributed by atoms with Crippen LogP contribution in [0.15, 0.2) is 18.2 Å². The van der Waals surface area contributed by atoms with E-state index in [2.05, 4.69) is 0 Å². The normalized spacial score (nSPS) is 20.4. The number of methoxy groups -OCH3 is 2. The van der Waals surface area contributed by atoms with E-state index in [0.717, 1.165) is 0 Å². The second-order valence-electron chi connectivity index (χ2n) is 5.75. The van der Waals surface area contributed by atoms with Crippen molar-refractivity contribution in [2.24, 2.45) is 5.92 Å². The Morgan fingerprint density at radius 3 is 2.42 bits per heavy atom. The zero-order valence-corrected chi connectivity index (χ0v) is 13.9. The van der Waals surface area contributed by atoms with Crippen molar-refractivity contribution in [3.8, 4) is 0 Å². The topological polar surface area (TPSA) is 72.9 Å². The third-order valence-electron chi connectivity index (χ3n) is 4.28. The largest absolute Gasteiger partial charge is 0.469 e. The maximum atomic E-state index is 13.4. The highest BCUT2D eigenvalue weighted by Crippen LogP contribution is 2.27. The number of hydrogen-bond donors (Lipinski definition) is 0. The highest BCUT2D eigenvalue weighted by molar-refractivity contribution is 5.97. The zero-order valence-electron chi connectivity index (χ0n) is 13.9. The maximum absolute atomic E-state index is 13.4. The Morgan fingerprint density at radius 2 is 1.83 bits per heavy atom. The Morgan fingerprint density at radius 1 is 1.17 bits per heavy atom. The fourth-order valence-corrected chi connectivity index (χ4v) is 2.89. The standard InChI is InChI=1S/C17H20FNO5/c1-10-8-11(4-5-13(10)18)15(20)19-7-6-12(16(21)23-2)9-14(19)17(22)24-3/h4-5,8,12,14H,6-7,9H2,1-3H3/t12-,14+/m0/s1. The molecule has 130 valence electrons. The zero-order chi connectivity index (χ0) is 17.9. The number of rotatable bonds is 3. The van der Waals surface area contributed by atoms with Crippen LogP contribution in [-0.2, 0) is 19.1 Å². The van der Waals surface area contributed by atoms with Gasteiger partial charge in [0.25, 0.3) is 5.91 Å². The monoisotopic (exact) mass is 337 g/mol. The first-order valence-electron chi connectivity index (χ1n) is 7.61. The molecule has 1 aromatic carbocycles. The third kappa shape index (κ3) is 3.55. The first-order chi connectivity index (χ1) is 11.4. The summed E-state index contributed by atoms with van der Waals surface area (Å²) in [6.45, 7) is 1.78. The number of nitrogens with zero attached hydrogens (tertiary/aromatic N) is 1. The molecule has 1 aliphatic rings. The molecule has 0 bridgehead atoms. The summed E-state index contributed by atoms with van der Waals surface area (Å²) in [7, 11) is 2.52. The van der Waals surface area contributed by atoms with Crippen molar-refractivity contribution < 1.29 is 28.2 Å². The smallest absolute Gasteiger partial charge is 0.328 e. The fraction of sp³-hybridized carbons (Fsp3) is 0.471. The van der Waals surface area contributed by atoms with Crippen LogP contribution < -0.4 is 0 Å². The molecule has 0 spiro atoms. The van der Waals surface area contributed by atoms with Gasteiger partial charge < -0.3 is 14.4 Å². The summed E-state index contributed by atoms with van der Waals surface area (Å²) in [5, 5.41) is 0. The molecule has 0 radical (unpaired) electrons. The Kier molecular flexibility index (Phi) is 5.54. The summed E-state index contributed by atoms with van der Waals surface area (Å²) in [4.78, 5) is 37.9. The molecule has 1 aliphatic heterocycles. The molecule has 1 aromatic rings. The van der Waals surface area contributed by atoms with E-state index in [-0.39, 0.29) is 13.0 Å². The Labute approximate surface area is 139 Å². The highest BCUT2D eigenvalue weighted by atomic mass is 19.1. The number of hydrogen-bond acceptors (Lipinski definition) is 5. The van der Waals surface area contributed by atoms with E-state index in [1.165, 1.54) is 37.3 Å². The van der Waals surface area contributed by atoms with Gasteiger partial charge in [0, 0.05) is 12.1 Å². The van der Waals surface area contributed by atoms with Crippen molar-refractivity contribution in [1.82, 2.24) is 4.90 Å². The highest BCUT2D eigenvalue weighted by Gasteiger charge is 2.40. The van der Waals surface area contributed by atoms with Crippen LogP contribution in [0.5, 0.6) is 0 Å². The van der Waals surface area contributed by atoms with E-state index in [0.29, 0.717) is 17.5 Å². The van der Waals surface area contributed by atoms with E-state index in [9.17, 15) is 18.8 Å². The van der Waals surface area contributed by atoms with Gasteiger partial charge >= 0.3 is 11.9 Å². The van der Waals surface area contributed by atoms with Crippen molar-refractivity contribution >= 4 is 17.8 Å². The second-order valence-corrected chi connectivity index (χ2v) is 5.75. The summed E-state index contributed by atoms with van der Waals surface area (Å²) in [5.41, 5.74) is 0.638. The molecule has 0 unspecified atom stereocenters. The molecule has 1 saturated heterocycles. The molecule has 1 fully saturated rings. The number of likely N-dealkylation sites (tertiary alicyclic amines) is 1. The molecule has 1 heterocycles.